The summed E-state index contributed by atoms with van der Waals surface area (Å²) in [5.74, 6) is 0.318. The standard InChI is InChI=1S/C23H37BO5/c1-7-8-9-10-11-16-27-19-14-12-18(13-15-19)20(17-21(25)26-6)24-28-22(2,3)23(4,5)29-24/h12-15,20H,7-11,16-17H2,1-6H3. The van der Waals surface area contributed by atoms with E-state index < -0.39 is 18.3 Å². The Kier molecular flexibility index (Phi) is 8.59. The first-order valence-corrected chi connectivity index (χ1v) is 10.9. The summed E-state index contributed by atoms with van der Waals surface area (Å²) >= 11 is 0. The molecule has 29 heavy (non-hydrogen) atoms. The van der Waals surface area contributed by atoms with Crippen molar-refractivity contribution in [3.8, 4) is 5.75 Å². The van der Waals surface area contributed by atoms with Gasteiger partial charge in [-0.25, -0.2) is 0 Å². The van der Waals surface area contributed by atoms with E-state index >= 15 is 0 Å². The van der Waals surface area contributed by atoms with E-state index in [1.54, 1.807) is 0 Å². The van der Waals surface area contributed by atoms with Crippen molar-refractivity contribution in [3.63, 3.8) is 0 Å². The first kappa shape index (κ1) is 23.8. The maximum absolute atomic E-state index is 12.0. The lowest BCUT2D eigenvalue weighted by atomic mass is 9.66. The topological polar surface area (TPSA) is 54.0 Å². The number of rotatable bonds is 11. The Morgan fingerprint density at radius 3 is 2.14 bits per heavy atom. The minimum absolute atomic E-state index is 0.199. The van der Waals surface area contributed by atoms with Crippen LogP contribution in [0.15, 0.2) is 24.3 Å². The van der Waals surface area contributed by atoms with Gasteiger partial charge in [-0.2, -0.15) is 0 Å². The molecule has 1 saturated heterocycles. The fourth-order valence-electron chi connectivity index (χ4n) is 3.39. The Morgan fingerprint density at radius 2 is 1.59 bits per heavy atom. The van der Waals surface area contributed by atoms with E-state index in [1.165, 1.54) is 32.8 Å². The Morgan fingerprint density at radius 1 is 1.00 bits per heavy atom. The maximum atomic E-state index is 12.0. The van der Waals surface area contributed by atoms with Crippen LogP contribution in [0.4, 0.5) is 0 Å². The third-order valence-electron chi connectivity index (χ3n) is 6.04. The third kappa shape index (κ3) is 6.48. The van der Waals surface area contributed by atoms with Crippen LogP contribution < -0.4 is 4.74 Å². The maximum Gasteiger partial charge on any atom is 0.466 e. The lowest BCUT2D eigenvalue weighted by molar-refractivity contribution is -0.140. The molecule has 2 rings (SSSR count). The fourth-order valence-corrected chi connectivity index (χ4v) is 3.39. The number of hydrogen-bond acceptors (Lipinski definition) is 5. The van der Waals surface area contributed by atoms with Gasteiger partial charge in [0.25, 0.3) is 0 Å². The zero-order valence-electron chi connectivity index (χ0n) is 19.0. The van der Waals surface area contributed by atoms with Crippen molar-refractivity contribution in [1.29, 1.82) is 0 Å². The second-order valence-electron chi connectivity index (χ2n) is 8.84. The molecule has 0 aromatic heterocycles. The first-order chi connectivity index (χ1) is 13.7. The van der Waals surface area contributed by atoms with Crippen LogP contribution in [0.5, 0.6) is 5.75 Å². The highest BCUT2D eigenvalue weighted by Crippen LogP contribution is 2.42. The highest BCUT2D eigenvalue weighted by atomic mass is 16.7. The van der Waals surface area contributed by atoms with Gasteiger partial charge in [-0.15, -0.1) is 0 Å². The van der Waals surface area contributed by atoms with Gasteiger partial charge in [-0.1, -0.05) is 44.7 Å². The van der Waals surface area contributed by atoms with Crippen molar-refractivity contribution in [2.24, 2.45) is 0 Å². The Hall–Kier alpha value is -1.53. The van der Waals surface area contributed by atoms with Crippen LogP contribution in [0.3, 0.4) is 0 Å². The number of ether oxygens (including phenoxy) is 2. The molecule has 0 spiro atoms. The van der Waals surface area contributed by atoms with Gasteiger partial charge in [0.05, 0.1) is 31.3 Å². The van der Waals surface area contributed by atoms with E-state index in [4.69, 9.17) is 18.8 Å². The molecule has 0 N–H and O–H groups in total. The molecule has 162 valence electrons. The summed E-state index contributed by atoms with van der Waals surface area (Å²) in [6.07, 6.45) is 6.27. The zero-order chi connectivity index (χ0) is 21.5. The minimum atomic E-state index is -0.510. The average Bonchev–Trinajstić information content (AvgIpc) is 2.90. The summed E-state index contributed by atoms with van der Waals surface area (Å²) in [7, 11) is 0.894. The van der Waals surface area contributed by atoms with Gasteiger partial charge in [0.2, 0.25) is 0 Å². The molecule has 1 fully saturated rings. The Bertz CT molecular complexity index is 625. The minimum Gasteiger partial charge on any atom is -0.494 e. The normalized spacial score (nSPS) is 18.5. The van der Waals surface area contributed by atoms with E-state index in [9.17, 15) is 4.79 Å². The predicted octanol–water partition coefficient (Wildman–Crippen LogP) is 5.31. The second kappa shape index (κ2) is 10.5. The Labute approximate surface area is 176 Å². The molecule has 6 heteroatoms. The van der Waals surface area contributed by atoms with Gasteiger partial charge < -0.3 is 18.8 Å². The summed E-state index contributed by atoms with van der Waals surface area (Å²) in [5, 5.41) is 0. The van der Waals surface area contributed by atoms with Crippen molar-refractivity contribution in [2.45, 2.75) is 90.2 Å². The summed E-state index contributed by atoms with van der Waals surface area (Å²) < 4.78 is 23.2. The number of carbonyl (C=O) groups excluding carboxylic acids is 1. The highest BCUT2D eigenvalue weighted by Gasteiger charge is 2.54. The molecule has 0 bridgehead atoms. The van der Waals surface area contributed by atoms with Crippen molar-refractivity contribution >= 4 is 13.1 Å². The van der Waals surface area contributed by atoms with Gasteiger partial charge >= 0.3 is 13.1 Å². The van der Waals surface area contributed by atoms with Gasteiger partial charge in [-0.3, -0.25) is 4.79 Å². The molecule has 1 atom stereocenters. The third-order valence-corrected chi connectivity index (χ3v) is 6.04. The summed E-state index contributed by atoms with van der Waals surface area (Å²) in [4.78, 5) is 12.0. The molecule has 0 saturated carbocycles. The van der Waals surface area contributed by atoms with Gasteiger partial charge in [0.1, 0.15) is 5.75 Å². The van der Waals surface area contributed by atoms with Crippen molar-refractivity contribution in [1.82, 2.24) is 0 Å². The van der Waals surface area contributed by atoms with Crippen molar-refractivity contribution in [2.75, 3.05) is 13.7 Å². The van der Waals surface area contributed by atoms with Gasteiger partial charge in [0.15, 0.2) is 0 Å². The van der Waals surface area contributed by atoms with Gasteiger partial charge in [-0.05, 0) is 51.8 Å². The lowest BCUT2D eigenvalue weighted by Crippen LogP contribution is -2.41. The van der Waals surface area contributed by atoms with E-state index in [-0.39, 0.29) is 18.2 Å². The van der Waals surface area contributed by atoms with E-state index in [2.05, 4.69) is 6.92 Å². The summed E-state index contributed by atoms with van der Waals surface area (Å²) in [5.41, 5.74) is 0.0731. The number of esters is 1. The van der Waals surface area contributed by atoms with Crippen LogP contribution in [-0.2, 0) is 18.8 Å². The van der Waals surface area contributed by atoms with E-state index in [1.807, 2.05) is 52.0 Å². The number of unbranched alkanes of at least 4 members (excludes halogenated alkanes) is 4. The Balaban J connectivity index is 2.03. The number of hydrogen-bond donors (Lipinski definition) is 0. The van der Waals surface area contributed by atoms with Crippen LogP contribution in [0, 0.1) is 0 Å². The van der Waals surface area contributed by atoms with Crippen LogP contribution in [0.25, 0.3) is 0 Å². The largest absolute Gasteiger partial charge is 0.494 e. The summed E-state index contributed by atoms with van der Waals surface area (Å²) in [6, 6.07) is 7.89. The second-order valence-corrected chi connectivity index (χ2v) is 8.84. The first-order valence-electron chi connectivity index (χ1n) is 10.9. The predicted molar refractivity (Wildman–Crippen MR) is 116 cm³/mol. The molecule has 1 aromatic carbocycles. The molecule has 0 aliphatic carbocycles. The number of benzene rings is 1. The molecule has 1 unspecified atom stereocenters. The quantitative estimate of drug-likeness (QED) is 0.284. The van der Waals surface area contributed by atoms with E-state index in [0.29, 0.717) is 0 Å². The zero-order valence-corrected chi connectivity index (χ0v) is 19.0. The van der Waals surface area contributed by atoms with Crippen molar-refractivity contribution < 1.29 is 23.6 Å². The average molecular weight is 404 g/mol. The smallest absolute Gasteiger partial charge is 0.466 e. The summed E-state index contributed by atoms with van der Waals surface area (Å²) in [6.45, 7) is 11.0. The molecule has 0 amide bonds. The van der Waals surface area contributed by atoms with Crippen molar-refractivity contribution in [3.05, 3.63) is 29.8 Å². The molecule has 5 nitrogen and oxygen atoms in total. The molecular formula is C23H37BO5. The molecule has 1 aliphatic rings. The van der Waals surface area contributed by atoms with Crippen LogP contribution >= 0.6 is 0 Å². The highest BCUT2D eigenvalue weighted by molar-refractivity contribution is 6.48. The molecular weight excluding hydrogens is 367 g/mol. The monoisotopic (exact) mass is 404 g/mol. The number of methoxy groups -OCH3 is 1. The van der Waals surface area contributed by atoms with Crippen LogP contribution in [0.1, 0.15) is 84.5 Å². The molecule has 1 aliphatic heterocycles. The van der Waals surface area contributed by atoms with Crippen LogP contribution in [-0.4, -0.2) is 38.0 Å². The molecule has 1 heterocycles. The van der Waals surface area contributed by atoms with E-state index in [0.717, 1.165) is 24.3 Å². The van der Waals surface area contributed by atoms with Crippen LogP contribution in [0.2, 0.25) is 0 Å². The SMILES string of the molecule is CCCCCCCOc1ccc(C(CC(=O)OC)B2OC(C)(C)C(C)(C)O2)cc1. The molecule has 0 radical (unpaired) electrons. The van der Waals surface area contributed by atoms with Gasteiger partial charge in [0, 0.05) is 5.82 Å². The number of carbonyl (C=O) groups is 1. The molecule has 1 aromatic rings. The lowest BCUT2D eigenvalue weighted by Gasteiger charge is -2.32. The fraction of sp³-hybridized carbons (Fsp3) is 0.696.